The Morgan fingerprint density at radius 2 is 0.507 bits per heavy atom. The molecule has 0 bridgehead atoms. The molecule has 326 valence electrons. The Hall–Kier alpha value is -7.32. The number of benzene rings is 9. The van der Waals surface area contributed by atoms with Crippen molar-refractivity contribution in [2.45, 2.75) is 48.5 Å². The Bertz CT molecular complexity index is 2990. The zero-order valence-corrected chi connectivity index (χ0v) is 40.9. The van der Waals surface area contributed by atoms with E-state index in [2.05, 4.69) is 267 Å². The van der Waals surface area contributed by atoms with Crippen molar-refractivity contribution in [3.05, 3.63) is 257 Å². The van der Waals surface area contributed by atoms with Gasteiger partial charge in [-0.05, 0) is 152 Å². The Labute approximate surface area is 399 Å². The Morgan fingerprint density at radius 3 is 0.731 bits per heavy atom. The van der Waals surface area contributed by atoms with Crippen LogP contribution in [-0.4, -0.2) is 8.07 Å². The molecule has 0 saturated carbocycles. The van der Waals surface area contributed by atoms with Crippen molar-refractivity contribution in [3.8, 4) is 66.8 Å². The van der Waals surface area contributed by atoms with Crippen LogP contribution < -0.4 is 15.6 Å². The normalized spacial score (nSPS) is 13.9. The maximum Gasteiger partial charge on any atom is 0.178 e. The molecular formula is C66H58Si. The maximum absolute atomic E-state index is 3.61. The average molecular weight is 879 g/mol. The van der Waals surface area contributed by atoms with Crippen LogP contribution >= 0.6 is 0 Å². The summed E-state index contributed by atoms with van der Waals surface area (Å²) < 4.78 is 0. The van der Waals surface area contributed by atoms with E-state index in [4.69, 9.17) is 0 Å². The summed E-state index contributed by atoms with van der Waals surface area (Å²) >= 11 is 0. The van der Waals surface area contributed by atoms with Gasteiger partial charge in [0.25, 0.3) is 0 Å². The first kappa shape index (κ1) is 43.6. The third-order valence-corrected chi connectivity index (χ3v) is 20.2. The van der Waals surface area contributed by atoms with E-state index in [0.29, 0.717) is 0 Å². The van der Waals surface area contributed by atoms with E-state index in [1.165, 1.54) is 116 Å². The lowest BCUT2D eigenvalue weighted by Crippen LogP contribution is -2.71. The number of hydrogen-bond donors (Lipinski definition) is 0. The molecule has 0 aliphatic heterocycles. The summed E-state index contributed by atoms with van der Waals surface area (Å²) in [7, 11) is -3.61. The highest BCUT2D eigenvalue weighted by molar-refractivity contribution is 7.18. The summed E-state index contributed by atoms with van der Waals surface area (Å²) in [6.07, 6.45) is 0. The van der Waals surface area contributed by atoms with Gasteiger partial charge in [-0.1, -0.05) is 242 Å². The molecule has 1 atom stereocenters. The molecule has 0 radical (unpaired) electrons. The Kier molecular flexibility index (Phi) is 11.8. The van der Waals surface area contributed by atoms with Crippen LogP contribution in [0, 0.1) is 26.7 Å². The predicted octanol–water partition coefficient (Wildman–Crippen LogP) is 15.9. The highest BCUT2D eigenvalue weighted by Crippen LogP contribution is 2.48. The van der Waals surface area contributed by atoms with Gasteiger partial charge in [0, 0.05) is 0 Å². The number of hydrogen-bond acceptors (Lipinski definition) is 0. The van der Waals surface area contributed by atoms with Gasteiger partial charge in [-0.2, -0.15) is 0 Å². The minimum atomic E-state index is -3.61. The number of aryl methyl sites for hydroxylation is 3. The Balaban J connectivity index is 1.56. The average Bonchev–Trinajstić information content (AvgIpc) is 3.57. The topological polar surface area (TPSA) is 0 Å². The van der Waals surface area contributed by atoms with Crippen LogP contribution in [-0.2, 0) is 0 Å². The van der Waals surface area contributed by atoms with Crippen LogP contribution in [0.1, 0.15) is 44.4 Å². The van der Waals surface area contributed by atoms with Crippen molar-refractivity contribution in [3.63, 3.8) is 0 Å². The van der Waals surface area contributed by atoms with Crippen molar-refractivity contribution >= 4 is 23.6 Å². The molecule has 0 heterocycles. The molecule has 1 heteroatoms. The molecule has 9 aromatic rings. The van der Waals surface area contributed by atoms with Crippen molar-refractivity contribution in [2.75, 3.05) is 0 Å². The van der Waals surface area contributed by atoms with E-state index in [1.54, 1.807) is 5.20 Å². The minimum absolute atomic E-state index is 0.173. The summed E-state index contributed by atoms with van der Waals surface area (Å²) in [4.78, 5) is 0. The van der Waals surface area contributed by atoms with E-state index in [0.717, 1.165) is 0 Å². The fraction of sp³-hybridized carbons (Fsp3) is 0.121. The zero-order chi connectivity index (χ0) is 46.2. The van der Waals surface area contributed by atoms with Crippen molar-refractivity contribution in [1.29, 1.82) is 0 Å². The third-order valence-electron chi connectivity index (χ3n) is 14.9. The second kappa shape index (κ2) is 18.2. The molecule has 10 rings (SSSR count). The van der Waals surface area contributed by atoms with Crippen molar-refractivity contribution in [1.82, 2.24) is 0 Å². The van der Waals surface area contributed by atoms with Crippen molar-refractivity contribution < 1.29 is 0 Å². The van der Waals surface area contributed by atoms with Gasteiger partial charge in [-0.15, -0.1) is 0 Å². The summed E-state index contributed by atoms with van der Waals surface area (Å²) in [6.45, 7) is 16.6. The van der Waals surface area contributed by atoms with E-state index in [1.807, 2.05) is 0 Å². The number of rotatable bonds is 10. The number of allylic oxidation sites excluding steroid dienone is 4. The second-order valence-corrected chi connectivity index (χ2v) is 22.2. The van der Waals surface area contributed by atoms with E-state index >= 15 is 0 Å². The van der Waals surface area contributed by atoms with E-state index in [9.17, 15) is 0 Å². The van der Waals surface area contributed by atoms with Crippen LogP contribution in [0.4, 0.5) is 0 Å². The fourth-order valence-corrected chi connectivity index (χ4v) is 17.8. The molecule has 0 nitrogen and oxygen atoms in total. The highest BCUT2D eigenvalue weighted by atomic mass is 28.3. The van der Waals surface area contributed by atoms with Gasteiger partial charge in [-0.3, -0.25) is 0 Å². The third kappa shape index (κ3) is 7.39. The van der Waals surface area contributed by atoms with Crippen LogP contribution in [0.2, 0.25) is 0 Å². The molecule has 67 heavy (non-hydrogen) atoms. The largest absolute Gasteiger partial charge is 0.178 e. The molecule has 1 unspecified atom stereocenters. The Morgan fingerprint density at radius 1 is 0.269 bits per heavy atom. The van der Waals surface area contributed by atoms with Crippen molar-refractivity contribution in [2.24, 2.45) is 5.92 Å². The highest BCUT2D eigenvalue weighted by Gasteiger charge is 2.52. The molecule has 1 aliphatic carbocycles. The monoisotopic (exact) mass is 878 g/mol. The van der Waals surface area contributed by atoms with Gasteiger partial charge < -0.3 is 0 Å². The molecule has 0 saturated heterocycles. The molecule has 0 amide bonds. The van der Waals surface area contributed by atoms with Crippen LogP contribution in [0.25, 0.3) is 66.8 Å². The molecule has 0 N–H and O–H groups in total. The molecule has 9 aromatic carbocycles. The van der Waals surface area contributed by atoms with Gasteiger partial charge >= 0.3 is 0 Å². The predicted molar refractivity (Wildman–Crippen MR) is 291 cm³/mol. The summed E-state index contributed by atoms with van der Waals surface area (Å²) in [5.74, 6) is 0.173. The van der Waals surface area contributed by atoms with Gasteiger partial charge in [0.1, 0.15) is 0 Å². The lowest BCUT2D eigenvalue weighted by atomic mass is 9.90. The molecule has 0 aromatic heterocycles. The summed E-state index contributed by atoms with van der Waals surface area (Å²) in [5.41, 5.74) is 23.3. The maximum atomic E-state index is 2.57. The molecular weight excluding hydrogens is 821 g/mol. The second-order valence-electron chi connectivity index (χ2n) is 18.6. The summed E-state index contributed by atoms with van der Waals surface area (Å²) in [5, 5.41) is 5.79. The van der Waals surface area contributed by atoms with Crippen LogP contribution in [0.15, 0.2) is 240 Å². The minimum Gasteiger partial charge on any atom is -0.0636 e. The SMILES string of the molecule is CC1=C(C)C(C)C([Si](c2ccc(C)c(-c3ccccc3)c2-c2ccccc2)(c2ccc(C)c(-c3ccccc3)c2-c2ccccc2)c2ccc(C)c(-c3ccccc3)c2-c2ccccc2)=C1C. The van der Waals surface area contributed by atoms with Gasteiger partial charge in [0.2, 0.25) is 0 Å². The zero-order valence-electron chi connectivity index (χ0n) is 39.9. The molecule has 0 fully saturated rings. The quantitative estimate of drug-likeness (QED) is 0.0948. The first-order valence-corrected chi connectivity index (χ1v) is 25.9. The molecule has 1 aliphatic rings. The van der Waals surface area contributed by atoms with E-state index in [-0.39, 0.29) is 5.92 Å². The molecule has 0 spiro atoms. The first-order valence-electron chi connectivity index (χ1n) is 23.9. The standard InChI is InChI=1S/C66H58Si/c1-44-38-41-57(63(54-32-20-11-21-33-54)60(44)51-26-14-8-15-27-51)67(66-49(6)47(4)48(5)50(66)7,58-42-39-45(2)61(52-28-16-9-17-29-52)64(58)55-34-22-12-23-35-55)59-43-40-46(3)62(53-30-18-10-19-31-53)65(59)56-36-24-13-25-37-56/h8-43,49H,1-7H3. The van der Waals surface area contributed by atoms with Gasteiger partial charge in [-0.25, -0.2) is 0 Å². The summed E-state index contributed by atoms with van der Waals surface area (Å²) in [6, 6.07) is 82.4. The van der Waals surface area contributed by atoms with E-state index < -0.39 is 8.07 Å². The lowest BCUT2D eigenvalue weighted by Gasteiger charge is -2.43. The lowest BCUT2D eigenvalue weighted by molar-refractivity contribution is 0.852. The van der Waals surface area contributed by atoms with Crippen LogP contribution in [0.3, 0.4) is 0 Å². The van der Waals surface area contributed by atoms with Gasteiger partial charge in [0.05, 0.1) is 0 Å². The van der Waals surface area contributed by atoms with Gasteiger partial charge in [0.15, 0.2) is 8.07 Å². The van der Waals surface area contributed by atoms with Crippen LogP contribution in [0.5, 0.6) is 0 Å². The first-order chi connectivity index (χ1) is 32.7. The fourth-order valence-electron chi connectivity index (χ4n) is 11.5. The smallest absolute Gasteiger partial charge is 0.0636 e.